The molecule has 1 heterocycles. The fourth-order valence-electron chi connectivity index (χ4n) is 2.74. The summed E-state index contributed by atoms with van der Waals surface area (Å²) in [6.07, 6.45) is 3.30. The number of carboxylic acid groups (broad SMARTS) is 1. The van der Waals surface area contributed by atoms with Crippen molar-refractivity contribution >= 4 is 33.5 Å². The molecule has 8 heteroatoms. The number of aliphatic carboxylic acids is 1. The molecule has 1 aliphatic carbocycles. The van der Waals surface area contributed by atoms with E-state index in [9.17, 15) is 23.1 Å². The van der Waals surface area contributed by atoms with Gasteiger partial charge in [-0.1, -0.05) is 12.8 Å². The van der Waals surface area contributed by atoms with E-state index in [2.05, 4.69) is 5.32 Å². The number of hydrogen-bond acceptors (Lipinski definition) is 5. The molecule has 0 aromatic rings. The minimum absolute atomic E-state index is 0.289. The van der Waals surface area contributed by atoms with Gasteiger partial charge in [0.15, 0.2) is 9.84 Å². The molecule has 2 rings (SSSR count). The Kier molecular flexibility index (Phi) is 4.63. The molecule has 2 N–H and O–H groups in total. The van der Waals surface area contributed by atoms with Crippen LogP contribution < -0.4 is 5.32 Å². The third-order valence-electron chi connectivity index (χ3n) is 3.95. The molecule has 0 aromatic heterocycles. The number of carbonyl (C=O) groups excluding carboxylic acids is 1. The lowest BCUT2D eigenvalue weighted by atomic mass is 9.99. The molecule has 2 aliphatic rings. The summed E-state index contributed by atoms with van der Waals surface area (Å²) in [6, 6.07) is 0. The highest BCUT2D eigenvalue weighted by molar-refractivity contribution is 7.99. The molecule has 1 amide bonds. The van der Waals surface area contributed by atoms with Crippen molar-refractivity contribution in [2.24, 2.45) is 0 Å². The van der Waals surface area contributed by atoms with Crippen LogP contribution in [0, 0.1) is 0 Å². The van der Waals surface area contributed by atoms with Crippen LogP contribution in [0.3, 0.4) is 0 Å². The number of amides is 1. The van der Waals surface area contributed by atoms with Crippen molar-refractivity contribution in [1.82, 2.24) is 5.32 Å². The number of carboxylic acids is 1. The van der Waals surface area contributed by atoms with Crippen LogP contribution in [0.2, 0.25) is 0 Å². The Labute approximate surface area is 122 Å². The minimum atomic E-state index is -3.47. The van der Waals surface area contributed by atoms with Crippen molar-refractivity contribution in [3.63, 3.8) is 0 Å². The van der Waals surface area contributed by atoms with Crippen LogP contribution in [0.5, 0.6) is 0 Å². The van der Waals surface area contributed by atoms with E-state index in [1.54, 1.807) is 0 Å². The normalized spacial score (nSPS) is 27.6. The average Bonchev–Trinajstić information content (AvgIpc) is 2.98. The maximum Gasteiger partial charge on any atom is 0.330 e. The van der Waals surface area contributed by atoms with Gasteiger partial charge in [-0.25, -0.2) is 13.2 Å². The van der Waals surface area contributed by atoms with Gasteiger partial charge in [0, 0.05) is 5.75 Å². The summed E-state index contributed by atoms with van der Waals surface area (Å²) in [6.45, 7) is 0. The standard InChI is InChI=1S/C12H19NO5S2/c14-10(7-20(17,18)9-3-1-2-4-9)13-12(11(15)16)5-6-19-8-12/h9H,1-8H2,(H,13,14)(H,15,16). The van der Waals surface area contributed by atoms with Crippen molar-refractivity contribution in [3.05, 3.63) is 0 Å². The van der Waals surface area contributed by atoms with Crippen LogP contribution in [0.15, 0.2) is 0 Å². The molecule has 1 unspecified atom stereocenters. The topological polar surface area (TPSA) is 101 Å². The van der Waals surface area contributed by atoms with E-state index in [1.165, 1.54) is 11.8 Å². The van der Waals surface area contributed by atoms with Crippen LogP contribution in [0.25, 0.3) is 0 Å². The molecular weight excluding hydrogens is 302 g/mol. The van der Waals surface area contributed by atoms with Crippen LogP contribution in [0.4, 0.5) is 0 Å². The van der Waals surface area contributed by atoms with Crippen molar-refractivity contribution in [3.8, 4) is 0 Å². The molecule has 1 saturated carbocycles. The molecule has 6 nitrogen and oxygen atoms in total. The first-order chi connectivity index (χ1) is 9.36. The van der Waals surface area contributed by atoms with Gasteiger partial charge >= 0.3 is 5.97 Å². The maximum absolute atomic E-state index is 12.1. The van der Waals surface area contributed by atoms with Gasteiger partial charge in [0.2, 0.25) is 5.91 Å². The number of nitrogens with one attached hydrogen (secondary N) is 1. The van der Waals surface area contributed by atoms with Crippen LogP contribution in [-0.4, -0.2) is 53.4 Å². The summed E-state index contributed by atoms with van der Waals surface area (Å²) in [4.78, 5) is 23.2. The SMILES string of the molecule is O=C(CS(=O)(=O)C1CCCC1)NC1(C(=O)O)CCSC1. The van der Waals surface area contributed by atoms with E-state index in [4.69, 9.17) is 0 Å². The van der Waals surface area contributed by atoms with E-state index in [1.807, 2.05) is 0 Å². The lowest BCUT2D eigenvalue weighted by Crippen LogP contribution is -2.56. The second-order valence-corrected chi connectivity index (χ2v) is 8.84. The van der Waals surface area contributed by atoms with E-state index in [0.29, 0.717) is 25.0 Å². The number of rotatable bonds is 5. The third-order valence-corrected chi connectivity index (χ3v) is 7.29. The van der Waals surface area contributed by atoms with Crippen molar-refractivity contribution in [2.75, 3.05) is 17.3 Å². The third kappa shape index (κ3) is 3.28. The number of carbonyl (C=O) groups is 2. The predicted octanol–water partition coefficient (Wildman–Crippen LogP) is 0.420. The first-order valence-corrected chi connectivity index (χ1v) is 9.56. The fraction of sp³-hybridized carbons (Fsp3) is 0.833. The zero-order valence-electron chi connectivity index (χ0n) is 11.1. The Morgan fingerprint density at radius 2 is 1.95 bits per heavy atom. The monoisotopic (exact) mass is 321 g/mol. The summed E-state index contributed by atoms with van der Waals surface area (Å²) in [7, 11) is -3.47. The highest BCUT2D eigenvalue weighted by atomic mass is 32.2. The zero-order chi connectivity index (χ0) is 14.8. The highest BCUT2D eigenvalue weighted by Gasteiger charge is 2.44. The fourth-order valence-corrected chi connectivity index (χ4v) is 5.79. The Hall–Kier alpha value is -0.760. The Morgan fingerprint density at radius 3 is 2.45 bits per heavy atom. The summed E-state index contributed by atoms with van der Waals surface area (Å²) in [5.74, 6) is -1.44. The summed E-state index contributed by atoms with van der Waals surface area (Å²) in [5, 5.41) is 11.2. The molecule has 0 spiro atoms. The summed E-state index contributed by atoms with van der Waals surface area (Å²) >= 11 is 1.45. The number of hydrogen-bond donors (Lipinski definition) is 2. The molecule has 0 bridgehead atoms. The molecule has 1 atom stereocenters. The smallest absolute Gasteiger partial charge is 0.330 e. The van der Waals surface area contributed by atoms with Gasteiger partial charge in [0.25, 0.3) is 0 Å². The number of sulfone groups is 1. The Bertz CT molecular complexity index is 490. The highest BCUT2D eigenvalue weighted by Crippen LogP contribution is 2.29. The molecule has 1 saturated heterocycles. The van der Waals surface area contributed by atoms with Gasteiger partial charge in [-0.3, -0.25) is 4.79 Å². The van der Waals surface area contributed by atoms with E-state index in [-0.39, 0.29) is 5.75 Å². The molecule has 0 radical (unpaired) electrons. The van der Waals surface area contributed by atoms with Gasteiger partial charge in [0.05, 0.1) is 5.25 Å². The van der Waals surface area contributed by atoms with Gasteiger partial charge in [-0.15, -0.1) is 0 Å². The first-order valence-electron chi connectivity index (χ1n) is 6.69. The second kappa shape index (κ2) is 5.93. The van der Waals surface area contributed by atoms with Gasteiger partial charge in [-0.05, 0) is 25.0 Å². The quantitative estimate of drug-likeness (QED) is 0.761. The molecular formula is C12H19NO5S2. The van der Waals surface area contributed by atoms with E-state index in [0.717, 1.165) is 12.8 Å². The van der Waals surface area contributed by atoms with Gasteiger partial charge in [0.1, 0.15) is 11.3 Å². The molecule has 2 fully saturated rings. The zero-order valence-corrected chi connectivity index (χ0v) is 12.8. The Morgan fingerprint density at radius 1 is 1.30 bits per heavy atom. The van der Waals surface area contributed by atoms with Gasteiger partial charge < -0.3 is 10.4 Å². The van der Waals surface area contributed by atoms with Crippen molar-refractivity contribution in [2.45, 2.75) is 42.9 Å². The van der Waals surface area contributed by atoms with Crippen LogP contribution >= 0.6 is 11.8 Å². The summed E-state index contributed by atoms with van der Waals surface area (Å²) in [5.41, 5.74) is -1.30. The molecule has 20 heavy (non-hydrogen) atoms. The van der Waals surface area contributed by atoms with Crippen molar-refractivity contribution in [1.29, 1.82) is 0 Å². The van der Waals surface area contributed by atoms with E-state index >= 15 is 0 Å². The molecule has 114 valence electrons. The van der Waals surface area contributed by atoms with Crippen LogP contribution in [0.1, 0.15) is 32.1 Å². The Balaban J connectivity index is 1.99. The van der Waals surface area contributed by atoms with Crippen LogP contribution in [-0.2, 0) is 19.4 Å². The lowest BCUT2D eigenvalue weighted by molar-refractivity contribution is -0.146. The van der Waals surface area contributed by atoms with Gasteiger partial charge in [-0.2, -0.15) is 11.8 Å². The first kappa shape index (κ1) is 15.6. The lowest BCUT2D eigenvalue weighted by Gasteiger charge is -2.24. The van der Waals surface area contributed by atoms with Crippen molar-refractivity contribution < 1.29 is 23.1 Å². The predicted molar refractivity (Wildman–Crippen MR) is 76.5 cm³/mol. The number of thioether (sulfide) groups is 1. The summed E-state index contributed by atoms with van der Waals surface area (Å²) < 4.78 is 24.2. The molecule has 1 aliphatic heterocycles. The van der Waals surface area contributed by atoms with E-state index < -0.39 is 38.3 Å². The maximum atomic E-state index is 12.1. The minimum Gasteiger partial charge on any atom is -0.479 e. The second-order valence-electron chi connectivity index (χ2n) is 5.45. The largest absolute Gasteiger partial charge is 0.479 e. The average molecular weight is 321 g/mol. The molecule has 0 aromatic carbocycles.